The predicted molar refractivity (Wildman–Crippen MR) is 123 cm³/mol. The second-order valence-electron chi connectivity index (χ2n) is 7.28. The number of nitrogens with two attached hydrogens (primary N) is 1. The summed E-state index contributed by atoms with van der Waals surface area (Å²) < 4.78 is 6.81. The number of methoxy groups -OCH3 is 1. The van der Waals surface area contributed by atoms with Crippen molar-refractivity contribution >= 4 is 23.4 Å². The molecule has 162 valence electrons. The van der Waals surface area contributed by atoms with Crippen LogP contribution < -0.4 is 15.5 Å². The Morgan fingerprint density at radius 1 is 1.03 bits per heavy atom. The quantitative estimate of drug-likeness (QED) is 0.467. The van der Waals surface area contributed by atoms with Gasteiger partial charge in [-0.25, -0.2) is 4.68 Å². The number of hydrogen-bond acceptors (Lipinski definition) is 7. The van der Waals surface area contributed by atoms with Crippen LogP contribution in [-0.4, -0.2) is 64.2 Å². The number of carbonyl (C=O) groups is 1. The standard InChI is InChI=1S/C22H26N6O2S/c1-16(21(29)27-14-12-26(13-15-27)17-8-4-3-5-9-17)31-22-25-24-20(28(22)23)18-10-6-7-11-19(18)30-2/h3-11,16H,12-15,23H2,1-2H3. The number of para-hydroxylation sites is 2. The van der Waals surface area contributed by atoms with Crippen LogP contribution in [0.5, 0.6) is 5.75 Å². The van der Waals surface area contributed by atoms with E-state index >= 15 is 0 Å². The molecule has 0 spiro atoms. The number of benzene rings is 2. The lowest BCUT2D eigenvalue weighted by molar-refractivity contribution is -0.130. The molecule has 2 heterocycles. The number of carbonyl (C=O) groups excluding carboxylic acids is 1. The average Bonchev–Trinajstić information content (AvgIpc) is 3.18. The smallest absolute Gasteiger partial charge is 0.236 e. The molecule has 0 radical (unpaired) electrons. The van der Waals surface area contributed by atoms with Crippen molar-refractivity contribution in [3.05, 3.63) is 54.6 Å². The largest absolute Gasteiger partial charge is 0.496 e. The van der Waals surface area contributed by atoms with Crippen LogP contribution in [0.2, 0.25) is 0 Å². The summed E-state index contributed by atoms with van der Waals surface area (Å²) in [4.78, 5) is 17.2. The van der Waals surface area contributed by atoms with Gasteiger partial charge in [0.15, 0.2) is 5.82 Å². The van der Waals surface area contributed by atoms with Gasteiger partial charge in [-0.3, -0.25) is 4.79 Å². The molecular weight excluding hydrogens is 412 g/mol. The Kier molecular flexibility index (Phi) is 6.31. The molecule has 0 aliphatic carbocycles. The maximum absolute atomic E-state index is 13.0. The van der Waals surface area contributed by atoms with E-state index in [0.717, 1.165) is 18.7 Å². The number of aromatic nitrogens is 3. The van der Waals surface area contributed by atoms with Gasteiger partial charge in [0.25, 0.3) is 0 Å². The Hall–Kier alpha value is -3.20. The van der Waals surface area contributed by atoms with Crippen LogP contribution in [0.3, 0.4) is 0 Å². The zero-order chi connectivity index (χ0) is 21.8. The molecule has 4 rings (SSSR count). The lowest BCUT2D eigenvalue weighted by atomic mass is 10.2. The summed E-state index contributed by atoms with van der Waals surface area (Å²) in [6, 6.07) is 17.8. The van der Waals surface area contributed by atoms with Crippen molar-refractivity contribution in [2.75, 3.05) is 44.0 Å². The predicted octanol–water partition coefficient (Wildman–Crippen LogP) is 2.50. The number of nitrogen functional groups attached to an aromatic ring is 1. The highest BCUT2D eigenvalue weighted by atomic mass is 32.2. The van der Waals surface area contributed by atoms with Crippen molar-refractivity contribution in [2.45, 2.75) is 17.3 Å². The average molecular weight is 439 g/mol. The zero-order valence-corrected chi connectivity index (χ0v) is 18.5. The minimum atomic E-state index is -0.319. The first-order chi connectivity index (χ1) is 15.1. The van der Waals surface area contributed by atoms with E-state index in [4.69, 9.17) is 10.6 Å². The van der Waals surface area contributed by atoms with Crippen LogP contribution in [0.4, 0.5) is 5.69 Å². The molecule has 1 aromatic heterocycles. The number of amides is 1. The molecule has 9 heteroatoms. The first-order valence-corrected chi connectivity index (χ1v) is 11.1. The molecule has 1 saturated heterocycles. The van der Waals surface area contributed by atoms with Crippen molar-refractivity contribution in [3.63, 3.8) is 0 Å². The third-order valence-electron chi connectivity index (χ3n) is 5.36. The minimum absolute atomic E-state index is 0.0829. The van der Waals surface area contributed by atoms with Gasteiger partial charge in [-0.2, -0.15) is 0 Å². The van der Waals surface area contributed by atoms with E-state index in [1.807, 2.05) is 54.3 Å². The first-order valence-electron chi connectivity index (χ1n) is 10.2. The molecule has 1 fully saturated rings. The van der Waals surface area contributed by atoms with Crippen LogP contribution in [-0.2, 0) is 4.79 Å². The van der Waals surface area contributed by atoms with E-state index in [0.29, 0.717) is 29.8 Å². The summed E-state index contributed by atoms with van der Waals surface area (Å²) in [7, 11) is 1.60. The number of rotatable bonds is 6. The van der Waals surface area contributed by atoms with Crippen molar-refractivity contribution < 1.29 is 9.53 Å². The normalized spacial score (nSPS) is 15.0. The number of thioether (sulfide) groups is 1. The summed E-state index contributed by atoms with van der Waals surface area (Å²) >= 11 is 1.32. The highest BCUT2D eigenvalue weighted by molar-refractivity contribution is 8.00. The Morgan fingerprint density at radius 3 is 2.42 bits per heavy atom. The van der Waals surface area contributed by atoms with E-state index in [9.17, 15) is 4.79 Å². The van der Waals surface area contributed by atoms with Crippen molar-refractivity contribution in [2.24, 2.45) is 0 Å². The molecule has 1 unspecified atom stereocenters. The van der Waals surface area contributed by atoms with Gasteiger partial charge in [-0.1, -0.05) is 42.1 Å². The van der Waals surface area contributed by atoms with Crippen LogP contribution in [0.1, 0.15) is 6.92 Å². The van der Waals surface area contributed by atoms with Gasteiger partial charge in [0.2, 0.25) is 11.1 Å². The van der Waals surface area contributed by atoms with E-state index in [2.05, 4.69) is 27.2 Å². The molecule has 1 amide bonds. The van der Waals surface area contributed by atoms with Crippen molar-refractivity contribution in [1.82, 2.24) is 19.8 Å². The summed E-state index contributed by atoms with van der Waals surface area (Å²) in [5, 5.41) is 8.59. The second-order valence-corrected chi connectivity index (χ2v) is 8.59. The number of hydrogen-bond donors (Lipinski definition) is 1. The summed E-state index contributed by atoms with van der Waals surface area (Å²) in [5.41, 5.74) is 1.94. The van der Waals surface area contributed by atoms with E-state index in [-0.39, 0.29) is 11.2 Å². The zero-order valence-electron chi connectivity index (χ0n) is 17.6. The first kappa shape index (κ1) is 21.0. The van der Waals surface area contributed by atoms with E-state index in [1.54, 1.807) is 7.11 Å². The fourth-order valence-corrected chi connectivity index (χ4v) is 4.51. The van der Waals surface area contributed by atoms with Gasteiger partial charge in [0.05, 0.1) is 17.9 Å². The Balaban J connectivity index is 1.39. The maximum Gasteiger partial charge on any atom is 0.236 e. The summed E-state index contributed by atoms with van der Waals surface area (Å²) in [6.07, 6.45) is 0. The Morgan fingerprint density at radius 2 is 1.71 bits per heavy atom. The van der Waals surface area contributed by atoms with E-state index < -0.39 is 0 Å². The van der Waals surface area contributed by atoms with Gasteiger partial charge in [-0.05, 0) is 31.2 Å². The van der Waals surface area contributed by atoms with E-state index in [1.165, 1.54) is 22.1 Å². The molecule has 0 bridgehead atoms. The molecule has 0 saturated carbocycles. The fraction of sp³-hybridized carbons (Fsp3) is 0.318. The monoisotopic (exact) mass is 438 g/mol. The molecule has 2 aromatic carbocycles. The van der Waals surface area contributed by atoms with Crippen LogP contribution in [0, 0.1) is 0 Å². The van der Waals surface area contributed by atoms with Gasteiger partial charge in [0, 0.05) is 31.9 Å². The van der Waals surface area contributed by atoms with Gasteiger partial charge >= 0.3 is 0 Å². The van der Waals surface area contributed by atoms with Crippen molar-refractivity contribution in [3.8, 4) is 17.1 Å². The molecule has 31 heavy (non-hydrogen) atoms. The molecule has 1 aliphatic heterocycles. The van der Waals surface area contributed by atoms with Crippen LogP contribution in [0.15, 0.2) is 59.8 Å². The highest BCUT2D eigenvalue weighted by Crippen LogP contribution is 2.31. The molecular formula is C22H26N6O2S. The minimum Gasteiger partial charge on any atom is -0.496 e. The van der Waals surface area contributed by atoms with Crippen LogP contribution in [0.25, 0.3) is 11.4 Å². The molecule has 2 N–H and O–H groups in total. The van der Waals surface area contributed by atoms with Gasteiger partial charge in [0.1, 0.15) is 5.75 Å². The lowest BCUT2D eigenvalue weighted by Gasteiger charge is -2.37. The van der Waals surface area contributed by atoms with Crippen LogP contribution >= 0.6 is 11.8 Å². The summed E-state index contributed by atoms with van der Waals surface area (Å²) in [6.45, 7) is 4.91. The van der Waals surface area contributed by atoms with Gasteiger partial charge < -0.3 is 20.4 Å². The summed E-state index contributed by atoms with van der Waals surface area (Å²) in [5.74, 6) is 7.50. The highest BCUT2D eigenvalue weighted by Gasteiger charge is 2.27. The maximum atomic E-state index is 13.0. The Bertz CT molecular complexity index is 1030. The number of ether oxygens (including phenoxy) is 1. The second kappa shape index (κ2) is 9.30. The number of nitrogens with zero attached hydrogens (tertiary/aromatic N) is 5. The van der Waals surface area contributed by atoms with Gasteiger partial charge in [-0.15, -0.1) is 10.2 Å². The number of anilines is 1. The molecule has 1 atom stereocenters. The third-order valence-corrected chi connectivity index (χ3v) is 6.40. The third kappa shape index (κ3) is 4.46. The topological polar surface area (TPSA) is 89.5 Å². The SMILES string of the molecule is COc1ccccc1-c1nnc(SC(C)C(=O)N2CCN(c3ccccc3)CC2)n1N. The number of piperazine rings is 1. The molecule has 1 aliphatic rings. The molecule has 3 aromatic rings. The lowest BCUT2D eigenvalue weighted by Crippen LogP contribution is -2.50. The fourth-order valence-electron chi connectivity index (χ4n) is 3.66. The van der Waals surface area contributed by atoms with Crippen molar-refractivity contribution in [1.29, 1.82) is 0 Å². The Labute approximate surface area is 186 Å². The molecule has 8 nitrogen and oxygen atoms in total.